The van der Waals surface area contributed by atoms with Crippen molar-refractivity contribution in [3.8, 4) is 11.4 Å². The van der Waals surface area contributed by atoms with E-state index >= 15 is 0 Å². The van der Waals surface area contributed by atoms with Crippen LogP contribution >= 0.6 is 15.9 Å². The van der Waals surface area contributed by atoms with Crippen LogP contribution in [0.3, 0.4) is 0 Å². The Balaban J connectivity index is 2.33. The molecule has 0 radical (unpaired) electrons. The van der Waals surface area contributed by atoms with E-state index < -0.39 is 9.73 Å². The standard InChI is InChI=1S/C12H12BrN3OS/c1-18(2,17)16-11-5-3-9(4-6-11)12-14-7-10(13)8-15-12/h3-8H,1-2H3. The Morgan fingerprint density at radius 3 is 2.17 bits per heavy atom. The second-order valence-electron chi connectivity index (χ2n) is 4.04. The molecule has 0 unspecified atom stereocenters. The minimum absolute atomic E-state index is 0.651. The van der Waals surface area contributed by atoms with Crippen molar-refractivity contribution in [1.82, 2.24) is 9.97 Å². The topological polar surface area (TPSA) is 55.2 Å². The molecule has 2 aromatic rings. The summed E-state index contributed by atoms with van der Waals surface area (Å²) in [6.07, 6.45) is 6.62. The molecule has 94 valence electrons. The molecule has 1 heterocycles. The first kappa shape index (κ1) is 13.2. The van der Waals surface area contributed by atoms with Crippen molar-refractivity contribution in [3.63, 3.8) is 0 Å². The normalized spacial score (nSPS) is 11.3. The summed E-state index contributed by atoms with van der Waals surface area (Å²) < 4.78 is 16.5. The van der Waals surface area contributed by atoms with E-state index in [4.69, 9.17) is 0 Å². The maximum absolute atomic E-state index is 11.6. The number of aromatic nitrogens is 2. The van der Waals surface area contributed by atoms with Crippen molar-refractivity contribution in [2.75, 3.05) is 12.5 Å². The Morgan fingerprint density at radius 2 is 1.67 bits per heavy atom. The smallest absolute Gasteiger partial charge is 0.159 e. The first-order valence-electron chi connectivity index (χ1n) is 5.19. The van der Waals surface area contributed by atoms with Crippen LogP contribution in [0.5, 0.6) is 0 Å². The summed E-state index contributed by atoms with van der Waals surface area (Å²) in [7, 11) is -2.12. The number of rotatable bonds is 2. The van der Waals surface area contributed by atoms with Crippen molar-refractivity contribution < 1.29 is 4.21 Å². The highest BCUT2D eigenvalue weighted by atomic mass is 79.9. The SMILES string of the molecule is CS(C)(=O)=Nc1ccc(-c2ncc(Br)cn2)cc1. The van der Waals surface area contributed by atoms with Crippen LogP contribution in [0.1, 0.15) is 0 Å². The molecule has 4 nitrogen and oxygen atoms in total. The van der Waals surface area contributed by atoms with E-state index in [-0.39, 0.29) is 0 Å². The Labute approximate surface area is 115 Å². The van der Waals surface area contributed by atoms with Crippen LogP contribution in [-0.2, 0) is 9.73 Å². The lowest BCUT2D eigenvalue weighted by molar-refractivity contribution is 0.684. The van der Waals surface area contributed by atoms with E-state index in [9.17, 15) is 4.21 Å². The summed E-state index contributed by atoms with van der Waals surface area (Å²) >= 11 is 3.29. The maximum atomic E-state index is 11.6. The zero-order valence-electron chi connectivity index (χ0n) is 10.0. The molecule has 0 spiro atoms. The van der Waals surface area contributed by atoms with E-state index in [1.54, 1.807) is 24.9 Å². The van der Waals surface area contributed by atoms with Gasteiger partial charge in [0.15, 0.2) is 5.82 Å². The average molecular weight is 326 g/mol. The minimum Gasteiger partial charge on any atom is -0.250 e. The number of halogens is 1. The van der Waals surface area contributed by atoms with Gasteiger partial charge in [-0.15, -0.1) is 0 Å². The third-order valence-corrected chi connectivity index (χ3v) is 3.13. The van der Waals surface area contributed by atoms with Crippen molar-refractivity contribution >= 4 is 31.3 Å². The maximum Gasteiger partial charge on any atom is 0.159 e. The van der Waals surface area contributed by atoms with E-state index in [1.807, 2.05) is 24.3 Å². The molecule has 0 N–H and O–H groups in total. The first-order valence-corrected chi connectivity index (χ1v) is 8.32. The van der Waals surface area contributed by atoms with E-state index in [2.05, 4.69) is 30.3 Å². The van der Waals surface area contributed by atoms with Crippen molar-refractivity contribution in [1.29, 1.82) is 0 Å². The Kier molecular flexibility index (Phi) is 3.77. The lowest BCUT2D eigenvalue weighted by atomic mass is 10.2. The van der Waals surface area contributed by atoms with Gasteiger partial charge >= 0.3 is 0 Å². The van der Waals surface area contributed by atoms with Gasteiger partial charge in [-0.2, -0.15) is 4.36 Å². The molecule has 0 amide bonds. The monoisotopic (exact) mass is 325 g/mol. The highest BCUT2D eigenvalue weighted by Crippen LogP contribution is 2.21. The van der Waals surface area contributed by atoms with E-state index in [1.165, 1.54) is 0 Å². The van der Waals surface area contributed by atoms with Crippen LogP contribution in [0.4, 0.5) is 5.69 Å². The fourth-order valence-corrected chi connectivity index (χ4v) is 2.22. The second kappa shape index (κ2) is 5.16. The lowest BCUT2D eigenvalue weighted by Crippen LogP contribution is -1.89. The number of benzene rings is 1. The van der Waals surface area contributed by atoms with Gasteiger partial charge in [0.2, 0.25) is 0 Å². The molecule has 0 aliphatic heterocycles. The third-order valence-electron chi connectivity index (χ3n) is 2.07. The highest BCUT2D eigenvalue weighted by Gasteiger charge is 2.01. The summed E-state index contributed by atoms with van der Waals surface area (Å²) in [6, 6.07) is 7.36. The lowest BCUT2D eigenvalue weighted by Gasteiger charge is -2.01. The molecule has 1 aromatic carbocycles. The summed E-state index contributed by atoms with van der Waals surface area (Å²) in [4.78, 5) is 8.42. The zero-order chi connectivity index (χ0) is 13.2. The Hall–Kier alpha value is -1.27. The Morgan fingerprint density at radius 1 is 1.11 bits per heavy atom. The summed E-state index contributed by atoms with van der Waals surface area (Å²) in [5.41, 5.74) is 1.60. The predicted octanol–water partition coefficient (Wildman–Crippen LogP) is 3.27. The van der Waals surface area contributed by atoms with Crippen molar-refractivity contribution in [2.45, 2.75) is 0 Å². The summed E-state index contributed by atoms with van der Waals surface area (Å²) in [6.45, 7) is 0. The van der Waals surface area contributed by atoms with Crippen LogP contribution in [0.25, 0.3) is 11.4 Å². The first-order chi connectivity index (χ1) is 8.44. The summed E-state index contributed by atoms with van der Waals surface area (Å²) in [5.74, 6) is 0.651. The third kappa shape index (κ3) is 3.61. The molecule has 6 heteroatoms. The van der Waals surface area contributed by atoms with E-state index in [0.29, 0.717) is 11.5 Å². The molecular weight excluding hydrogens is 314 g/mol. The molecule has 0 aliphatic rings. The van der Waals surface area contributed by atoms with Crippen LogP contribution in [-0.4, -0.2) is 26.7 Å². The van der Waals surface area contributed by atoms with Gasteiger partial charge in [-0.3, -0.25) is 0 Å². The molecule has 0 bridgehead atoms. The molecule has 0 atom stereocenters. The molecule has 1 aromatic heterocycles. The average Bonchev–Trinajstić information content (AvgIpc) is 2.29. The molecule has 0 aliphatic carbocycles. The molecule has 0 saturated heterocycles. The molecule has 0 saturated carbocycles. The molecule has 18 heavy (non-hydrogen) atoms. The quantitative estimate of drug-likeness (QED) is 0.851. The number of nitrogens with zero attached hydrogens (tertiary/aromatic N) is 3. The molecular formula is C12H12BrN3OS. The van der Waals surface area contributed by atoms with Gasteiger partial charge in [0, 0.05) is 40.2 Å². The van der Waals surface area contributed by atoms with Gasteiger partial charge in [-0.05, 0) is 40.2 Å². The fourth-order valence-electron chi connectivity index (χ4n) is 1.39. The van der Waals surface area contributed by atoms with Crippen LogP contribution in [0, 0.1) is 0 Å². The van der Waals surface area contributed by atoms with Crippen LogP contribution in [0.2, 0.25) is 0 Å². The van der Waals surface area contributed by atoms with Crippen molar-refractivity contribution in [2.24, 2.45) is 4.36 Å². The van der Waals surface area contributed by atoms with Crippen LogP contribution < -0.4 is 0 Å². The van der Waals surface area contributed by atoms with E-state index in [0.717, 1.165) is 10.0 Å². The minimum atomic E-state index is -2.12. The number of hydrogen-bond acceptors (Lipinski definition) is 4. The highest BCUT2D eigenvalue weighted by molar-refractivity contribution is 9.10. The van der Waals surface area contributed by atoms with Gasteiger partial charge in [-0.25, -0.2) is 14.2 Å². The van der Waals surface area contributed by atoms with Crippen molar-refractivity contribution in [3.05, 3.63) is 41.1 Å². The Bertz CT molecular complexity index is 651. The van der Waals surface area contributed by atoms with Gasteiger partial charge in [0.25, 0.3) is 0 Å². The second-order valence-corrected chi connectivity index (χ2v) is 7.51. The summed E-state index contributed by atoms with van der Waals surface area (Å²) in [5, 5.41) is 0. The van der Waals surface area contributed by atoms with Gasteiger partial charge in [0.05, 0.1) is 10.2 Å². The largest absolute Gasteiger partial charge is 0.250 e. The zero-order valence-corrected chi connectivity index (χ0v) is 12.4. The molecule has 2 rings (SSSR count). The van der Waals surface area contributed by atoms with Gasteiger partial charge < -0.3 is 0 Å². The number of hydrogen-bond donors (Lipinski definition) is 0. The molecule has 0 fully saturated rings. The predicted molar refractivity (Wildman–Crippen MR) is 77.2 cm³/mol. The fraction of sp³-hybridized carbons (Fsp3) is 0.167. The van der Waals surface area contributed by atoms with Crippen LogP contribution in [0.15, 0.2) is 45.5 Å². The van der Waals surface area contributed by atoms with Gasteiger partial charge in [0.1, 0.15) is 0 Å². The van der Waals surface area contributed by atoms with Gasteiger partial charge in [-0.1, -0.05) is 0 Å².